The number of rotatable bonds is 4. The standard InChI is InChI=1S/C9H14N4O2/c1-6(5-15-2)13-9(14)7-3-12-8(10)4-11-7/h3-4,6H,5H2,1-2H3,(H2,10,12)(H,13,14). The van der Waals surface area contributed by atoms with Crippen LogP contribution in [0.3, 0.4) is 0 Å². The molecule has 0 fully saturated rings. The van der Waals surface area contributed by atoms with E-state index in [1.54, 1.807) is 7.11 Å². The van der Waals surface area contributed by atoms with Crippen molar-refractivity contribution in [1.82, 2.24) is 15.3 Å². The highest BCUT2D eigenvalue weighted by molar-refractivity contribution is 5.92. The molecule has 6 heteroatoms. The lowest BCUT2D eigenvalue weighted by Crippen LogP contribution is -2.36. The second-order valence-electron chi connectivity index (χ2n) is 3.16. The van der Waals surface area contributed by atoms with Gasteiger partial charge in [0.25, 0.3) is 5.91 Å². The van der Waals surface area contributed by atoms with Gasteiger partial charge in [0.05, 0.1) is 19.0 Å². The van der Waals surface area contributed by atoms with Crippen LogP contribution in [0, 0.1) is 0 Å². The van der Waals surface area contributed by atoms with Gasteiger partial charge in [-0.15, -0.1) is 0 Å². The number of amides is 1. The summed E-state index contributed by atoms with van der Waals surface area (Å²) >= 11 is 0. The van der Waals surface area contributed by atoms with Crippen LogP contribution < -0.4 is 11.1 Å². The minimum atomic E-state index is -0.285. The first kappa shape index (κ1) is 11.4. The van der Waals surface area contributed by atoms with E-state index in [0.717, 1.165) is 0 Å². The van der Waals surface area contributed by atoms with Crippen LogP contribution in [-0.4, -0.2) is 35.6 Å². The maximum absolute atomic E-state index is 11.5. The third-order valence-corrected chi connectivity index (χ3v) is 1.70. The summed E-state index contributed by atoms with van der Waals surface area (Å²) in [5.41, 5.74) is 5.59. The molecule has 0 bridgehead atoms. The Morgan fingerprint density at radius 1 is 1.60 bits per heavy atom. The minimum absolute atomic E-state index is 0.0677. The molecule has 1 rings (SSSR count). The average molecular weight is 210 g/mol. The zero-order valence-corrected chi connectivity index (χ0v) is 8.73. The summed E-state index contributed by atoms with van der Waals surface area (Å²) in [6, 6.07) is -0.0677. The molecule has 6 nitrogen and oxygen atoms in total. The number of nitrogen functional groups attached to an aromatic ring is 1. The fraction of sp³-hybridized carbons (Fsp3) is 0.444. The predicted octanol–water partition coefficient (Wildman–Crippen LogP) is -0.177. The van der Waals surface area contributed by atoms with Gasteiger partial charge in [0.2, 0.25) is 0 Å². The normalized spacial score (nSPS) is 12.1. The molecule has 82 valence electrons. The average Bonchev–Trinajstić information content (AvgIpc) is 2.18. The van der Waals surface area contributed by atoms with Crippen molar-refractivity contribution in [3.8, 4) is 0 Å². The van der Waals surface area contributed by atoms with Gasteiger partial charge >= 0.3 is 0 Å². The van der Waals surface area contributed by atoms with E-state index in [9.17, 15) is 4.79 Å². The number of methoxy groups -OCH3 is 1. The Morgan fingerprint density at radius 2 is 2.33 bits per heavy atom. The summed E-state index contributed by atoms with van der Waals surface area (Å²) in [5.74, 6) is 0.00328. The Bertz CT molecular complexity index is 325. The summed E-state index contributed by atoms with van der Waals surface area (Å²) in [7, 11) is 1.58. The number of nitrogens with two attached hydrogens (primary N) is 1. The lowest BCUT2D eigenvalue weighted by atomic mass is 10.3. The highest BCUT2D eigenvalue weighted by Gasteiger charge is 2.10. The SMILES string of the molecule is COCC(C)NC(=O)c1cnc(N)cn1. The molecule has 1 amide bonds. The molecule has 0 spiro atoms. The quantitative estimate of drug-likeness (QED) is 0.719. The summed E-state index contributed by atoms with van der Waals surface area (Å²) in [5, 5.41) is 2.71. The number of anilines is 1. The number of aromatic nitrogens is 2. The van der Waals surface area contributed by atoms with Crippen molar-refractivity contribution >= 4 is 11.7 Å². The molecule has 0 saturated heterocycles. The summed E-state index contributed by atoms with van der Waals surface area (Å²) in [6.07, 6.45) is 2.68. The van der Waals surface area contributed by atoms with Gasteiger partial charge in [-0.2, -0.15) is 0 Å². The molecule has 1 heterocycles. The first-order valence-corrected chi connectivity index (χ1v) is 4.50. The summed E-state index contributed by atoms with van der Waals surface area (Å²) < 4.78 is 4.89. The smallest absolute Gasteiger partial charge is 0.271 e. The number of nitrogens with zero attached hydrogens (tertiary/aromatic N) is 2. The van der Waals surface area contributed by atoms with E-state index >= 15 is 0 Å². The van der Waals surface area contributed by atoms with Gasteiger partial charge in [-0.3, -0.25) is 4.79 Å². The molecule has 0 aliphatic carbocycles. The second-order valence-corrected chi connectivity index (χ2v) is 3.16. The van der Waals surface area contributed by atoms with Crippen molar-refractivity contribution in [1.29, 1.82) is 0 Å². The van der Waals surface area contributed by atoms with Crippen LogP contribution in [-0.2, 0) is 4.74 Å². The van der Waals surface area contributed by atoms with Crippen LogP contribution in [0.5, 0.6) is 0 Å². The molecular formula is C9H14N4O2. The van der Waals surface area contributed by atoms with E-state index in [0.29, 0.717) is 6.61 Å². The zero-order valence-electron chi connectivity index (χ0n) is 8.73. The van der Waals surface area contributed by atoms with E-state index in [2.05, 4.69) is 15.3 Å². The minimum Gasteiger partial charge on any atom is -0.383 e. The number of nitrogens with one attached hydrogen (secondary N) is 1. The van der Waals surface area contributed by atoms with Gasteiger partial charge in [0.15, 0.2) is 0 Å². The van der Waals surface area contributed by atoms with Gasteiger partial charge in [-0.1, -0.05) is 0 Å². The number of hydrogen-bond acceptors (Lipinski definition) is 5. The van der Waals surface area contributed by atoms with E-state index in [4.69, 9.17) is 10.5 Å². The largest absolute Gasteiger partial charge is 0.383 e. The molecule has 0 aliphatic rings. The molecule has 0 saturated carbocycles. The Balaban J connectivity index is 2.57. The Labute approximate surface area is 87.9 Å². The predicted molar refractivity (Wildman–Crippen MR) is 55.2 cm³/mol. The molecular weight excluding hydrogens is 196 g/mol. The second kappa shape index (κ2) is 5.26. The molecule has 1 aromatic heterocycles. The van der Waals surface area contributed by atoms with E-state index in [1.165, 1.54) is 12.4 Å². The topological polar surface area (TPSA) is 90.1 Å². The van der Waals surface area contributed by atoms with E-state index in [-0.39, 0.29) is 23.5 Å². The lowest BCUT2D eigenvalue weighted by Gasteiger charge is -2.11. The van der Waals surface area contributed by atoms with Crippen LogP contribution in [0.15, 0.2) is 12.4 Å². The fourth-order valence-corrected chi connectivity index (χ4v) is 1.04. The summed E-state index contributed by atoms with van der Waals surface area (Å²) in [6.45, 7) is 2.29. The number of ether oxygens (including phenoxy) is 1. The summed E-state index contributed by atoms with van der Waals surface area (Å²) in [4.78, 5) is 19.2. The highest BCUT2D eigenvalue weighted by Crippen LogP contribution is 1.96. The zero-order chi connectivity index (χ0) is 11.3. The Hall–Kier alpha value is -1.69. The Kier molecular flexibility index (Phi) is 3.99. The number of hydrogen-bond donors (Lipinski definition) is 2. The van der Waals surface area contributed by atoms with Crippen molar-refractivity contribution in [3.05, 3.63) is 18.1 Å². The van der Waals surface area contributed by atoms with Crippen LogP contribution >= 0.6 is 0 Å². The highest BCUT2D eigenvalue weighted by atomic mass is 16.5. The van der Waals surface area contributed by atoms with E-state index in [1.807, 2.05) is 6.92 Å². The molecule has 15 heavy (non-hydrogen) atoms. The van der Waals surface area contributed by atoms with E-state index < -0.39 is 0 Å². The van der Waals surface area contributed by atoms with Gasteiger partial charge in [0, 0.05) is 13.2 Å². The molecule has 1 atom stereocenters. The van der Waals surface area contributed by atoms with Crippen LogP contribution in [0.1, 0.15) is 17.4 Å². The van der Waals surface area contributed by atoms with Crippen LogP contribution in [0.4, 0.5) is 5.82 Å². The molecule has 3 N–H and O–H groups in total. The van der Waals surface area contributed by atoms with Gasteiger partial charge < -0.3 is 15.8 Å². The lowest BCUT2D eigenvalue weighted by molar-refractivity contribution is 0.0900. The number of carbonyl (C=O) groups is 1. The first-order valence-electron chi connectivity index (χ1n) is 4.50. The maximum atomic E-state index is 11.5. The third-order valence-electron chi connectivity index (χ3n) is 1.70. The fourth-order valence-electron chi connectivity index (χ4n) is 1.04. The molecule has 0 aromatic carbocycles. The van der Waals surface area contributed by atoms with Gasteiger partial charge in [-0.25, -0.2) is 9.97 Å². The monoisotopic (exact) mass is 210 g/mol. The molecule has 0 radical (unpaired) electrons. The Morgan fingerprint density at radius 3 is 2.87 bits per heavy atom. The third kappa shape index (κ3) is 3.51. The van der Waals surface area contributed by atoms with Crippen LogP contribution in [0.25, 0.3) is 0 Å². The number of carbonyl (C=O) groups excluding carboxylic acids is 1. The van der Waals surface area contributed by atoms with Crippen molar-refractivity contribution in [2.24, 2.45) is 0 Å². The van der Waals surface area contributed by atoms with Crippen molar-refractivity contribution in [3.63, 3.8) is 0 Å². The molecule has 1 unspecified atom stereocenters. The van der Waals surface area contributed by atoms with Crippen molar-refractivity contribution < 1.29 is 9.53 Å². The van der Waals surface area contributed by atoms with Crippen molar-refractivity contribution in [2.75, 3.05) is 19.5 Å². The van der Waals surface area contributed by atoms with Crippen LogP contribution in [0.2, 0.25) is 0 Å². The van der Waals surface area contributed by atoms with Gasteiger partial charge in [-0.05, 0) is 6.92 Å². The molecule has 0 aliphatic heterocycles. The van der Waals surface area contributed by atoms with Crippen molar-refractivity contribution in [2.45, 2.75) is 13.0 Å². The molecule has 1 aromatic rings. The first-order chi connectivity index (χ1) is 7.13. The maximum Gasteiger partial charge on any atom is 0.271 e. The van der Waals surface area contributed by atoms with Gasteiger partial charge in [0.1, 0.15) is 11.5 Å².